The number of benzene rings is 1. The van der Waals surface area contributed by atoms with Crippen LogP contribution in [-0.2, 0) is 9.84 Å². The largest absolute Gasteiger partial charge is 0.497 e. The van der Waals surface area contributed by atoms with Crippen molar-refractivity contribution in [2.24, 2.45) is 0 Å². The molecule has 3 heterocycles. The molecule has 1 aliphatic heterocycles. The summed E-state index contributed by atoms with van der Waals surface area (Å²) in [7, 11) is -1.28. The Morgan fingerprint density at radius 1 is 1.30 bits per heavy atom. The minimum atomic E-state index is -2.94. The van der Waals surface area contributed by atoms with E-state index in [9.17, 15) is 8.42 Å². The second-order valence-corrected chi connectivity index (χ2v) is 10.1. The van der Waals surface area contributed by atoms with Gasteiger partial charge in [0.15, 0.2) is 9.84 Å². The molecule has 1 aromatic carbocycles. The summed E-state index contributed by atoms with van der Waals surface area (Å²) >= 11 is 1.61. The highest BCUT2D eigenvalue weighted by molar-refractivity contribution is 7.91. The number of thiazole rings is 1. The first-order valence-electron chi connectivity index (χ1n) is 8.75. The molecule has 0 amide bonds. The van der Waals surface area contributed by atoms with Gasteiger partial charge in [0, 0.05) is 11.3 Å². The highest BCUT2D eigenvalue weighted by Crippen LogP contribution is 2.29. The maximum atomic E-state index is 11.8. The maximum Gasteiger partial charge on any atom is 0.152 e. The number of aryl methyl sites for hydroxylation is 1. The molecule has 1 saturated heterocycles. The van der Waals surface area contributed by atoms with Gasteiger partial charge in [-0.1, -0.05) is 0 Å². The molecule has 27 heavy (non-hydrogen) atoms. The van der Waals surface area contributed by atoms with Gasteiger partial charge in [-0.15, -0.1) is 11.3 Å². The molecule has 1 fully saturated rings. The van der Waals surface area contributed by atoms with Gasteiger partial charge in [0.05, 0.1) is 40.6 Å². The third-order valence-electron chi connectivity index (χ3n) is 4.94. The van der Waals surface area contributed by atoms with Crippen molar-refractivity contribution < 1.29 is 13.2 Å². The Morgan fingerprint density at radius 2 is 2.11 bits per heavy atom. The van der Waals surface area contributed by atoms with Crippen LogP contribution in [0.25, 0.3) is 22.4 Å². The predicted molar refractivity (Wildman–Crippen MR) is 109 cm³/mol. The molecule has 142 valence electrons. The van der Waals surface area contributed by atoms with Crippen molar-refractivity contribution in [3.05, 3.63) is 40.2 Å². The summed E-state index contributed by atoms with van der Waals surface area (Å²) in [5.41, 5.74) is 3.86. The summed E-state index contributed by atoms with van der Waals surface area (Å²) in [4.78, 5) is 4.64. The third-order valence-corrected chi connectivity index (χ3v) is 7.67. The lowest BCUT2D eigenvalue weighted by molar-refractivity contribution is 0.415. The van der Waals surface area contributed by atoms with Crippen LogP contribution in [0.4, 0.5) is 0 Å². The fraction of sp³-hybridized carbons (Fsp3) is 0.368. The quantitative estimate of drug-likeness (QED) is 0.665. The summed E-state index contributed by atoms with van der Waals surface area (Å²) in [5.74, 6) is 1.25. The lowest BCUT2D eigenvalue weighted by Gasteiger charge is -2.10. The standard InChI is InChI=1S/C19H21N3O3S2/c1-12-16(13(2)22(21-12)14-8-9-27(23,24)11-14)5-7-19-20-17-6-4-15(25-3)10-18(17)26-19/h4-7,10,14H,8-9,11H2,1-3H3/b7-5+/t14-/m1/s1. The van der Waals surface area contributed by atoms with Crippen LogP contribution in [0.5, 0.6) is 5.75 Å². The summed E-state index contributed by atoms with van der Waals surface area (Å²) in [5, 5.41) is 5.51. The van der Waals surface area contributed by atoms with Gasteiger partial charge in [-0.25, -0.2) is 13.4 Å². The summed E-state index contributed by atoms with van der Waals surface area (Å²) in [6, 6.07) is 5.78. The Hall–Kier alpha value is -2.19. The van der Waals surface area contributed by atoms with Gasteiger partial charge in [0.1, 0.15) is 10.8 Å². The molecule has 0 N–H and O–H groups in total. The SMILES string of the molecule is COc1ccc2nc(/C=C/c3c(C)nn([C@@H]4CCS(=O)(=O)C4)c3C)sc2c1. The molecule has 2 aromatic heterocycles. The highest BCUT2D eigenvalue weighted by Gasteiger charge is 2.31. The Labute approximate surface area is 162 Å². The highest BCUT2D eigenvalue weighted by atomic mass is 32.2. The van der Waals surface area contributed by atoms with Crippen molar-refractivity contribution in [2.45, 2.75) is 26.3 Å². The maximum absolute atomic E-state index is 11.8. The van der Waals surface area contributed by atoms with E-state index in [0.717, 1.165) is 37.9 Å². The van der Waals surface area contributed by atoms with Gasteiger partial charge >= 0.3 is 0 Å². The van der Waals surface area contributed by atoms with Crippen molar-refractivity contribution in [1.82, 2.24) is 14.8 Å². The lowest BCUT2D eigenvalue weighted by Crippen LogP contribution is -2.13. The fourth-order valence-corrected chi connectivity index (χ4v) is 6.11. The van der Waals surface area contributed by atoms with Crippen molar-refractivity contribution in [1.29, 1.82) is 0 Å². The zero-order chi connectivity index (χ0) is 19.2. The molecule has 8 heteroatoms. The van der Waals surface area contributed by atoms with Crippen LogP contribution < -0.4 is 4.74 Å². The normalized spacial score (nSPS) is 19.3. The van der Waals surface area contributed by atoms with Crippen molar-refractivity contribution >= 4 is 43.5 Å². The van der Waals surface area contributed by atoms with Crippen LogP contribution >= 0.6 is 11.3 Å². The van der Waals surface area contributed by atoms with Gasteiger partial charge in [-0.3, -0.25) is 4.68 Å². The molecule has 0 aliphatic carbocycles. The van der Waals surface area contributed by atoms with E-state index >= 15 is 0 Å². The van der Waals surface area contributed by atoms with Gasteiger partial charge in [0.2, 0.25) is 0 Å². The van der Waals surface area contributed by atoms with Crippen LogP contribution in [0.3, 0.4) is 0 Å². The first-order chi connectivity index (χ1) is 12.9. The lowest BCUT2D eigenvalue weighted by atomic mass is 10.1. The van der Waals surface area contributed by atoms with E-state index in [2.05, 4.69) is 10.1 Å². The van der Waals surface area contributed by atoms with Crippen LogP contribution in [0.2, 0.25) is 0 Å². The van der Waals surface area contributed by atoms with E-state index < -0.39 is 9.84 Å². The number of methoxy groups -OCH3 is 1. The van der Waals surface area contributed by atoms with E-state index in [1.54, 1.807) is 18.4 Å². The van der Waals surface area contributed by atoms with Crippen LogP contribution in [0, 0.1) is 13.8 Å². The Kier molecular flexibility index (Phi) is 4.55. The first kappa shape index (κ1) is 18.2. The van der Waals surface area contributed by atoms with Gasteiger partial charge < -0.3 is 4.74 Å². The zero-order valence-corrected chi connectivity index (χ0v) is 17.1. The molecule has 0 radical (unpaired) electrons. The van der Waals surface area contributed by atoms with Crippen molar-refractivity contribution in [3.8, 4) is 5.75 Å². The van der Waals surface area contributed by atoms with Gasteiger partial charge in [0.25, 0.3) is 0 Å². The topological polar surface area (TPSA) is 74.1 Å². The number of ether oxygens (including phenoxy) is 1. The summed E-state index contributed by atoms with van der Waals surface area (Å²) in [6.07, 6.45) is 4.64. The van der Waals surface area contributed by atoms with Crippen molar-refractivity contribution in [3.63, 3.8) is 0 Å². The molecule has 1 atom stereocenters. The third kappa shape index (κ3) is 3.51. The minimum absolute atomic E-state index is 0.0641. The zero-order valence-electron chi connectivity index (χ0n) is 15.5. The Balaban J connectivity index is 1.63. The van der Waals surface area contributed by atoms with E-state index in [1.807, 2.05) is 48.9 Å². The number of sulfone groups is 1. The molecule has 4 rings (SSSR count). The second kappa shape index (κ2) is 6.76. The number of fused-ring (bicyclic) bond motifs is 1. The van der Waals surface area contributed by atoms with E-state index in [-0.39, 0.29) is 17.5 Å². The predicted octanol–water partition coefficient (Wildman–Crippen LogP) is 3.65. The van der Waals surface area contributed by atoms with Crippen LogP contribution in [-0.4, -0.2) is 41.8 Å². The smallest absolute Gasteiger partial charge is 0.152 e. The molecule has 1 aliphatic rings. The van der Waals surface area contributed by atoms with E-state index in [4.69, 9.17) is 4.74 Å². The molecular formula is C19H21N3O3S2. The van der Waals surface area contributed by atoms with E-state index in [1.165, 1.54) is 0 Å². The molecule has 3 aromatic rings. The summed E-state index contributed by atoms with van der Waals surface area (Å²) in [6.45, 7) is 3.95. The molecule has 0 spiro atoms. The number of hydrogen-bond acceptors (Lipinski definition) is 6. The number of rotatable bonds is 4. The molecular weight excluding hydrogens is 382 g/mol. The average molecular weight is 404 g/mol. The second-order valence-electron chi connectivity index (χ2n) is 6.81. The van der Waals surface area contributed by atoms with Crippen molar-refractivity contribution in [2.75, 3.05) is 18.6 Å². The first-order valence-corrected chi connectivity index (χ1v) is 11.4. The number of nitrogens with zero attached hydrogens (tertiary/aromatic N) is 3. The average Bonchev–Trinajstić information content (AvgIpc) is 3.28. The molecule has 0 bridgehead atoms. The number of aromatic nitrogens is 3. The van der Waals surface area contributed by atoms with Gasteiger partial charge in [-0.2, -0.15) is 5.10 Å². The monoisotopic (exact) mass is 403 g/mol. The molecule has 0 unspecified atom stereocenters. The Bertz CT molecular complexity index is 1140. The fourth-order valence-electron chi connectivity index (χ4n) is 3.52. The minimum Gasteiger partial charge on any atom is -0.497 e. The summed E-state index contributed by atoms with van der Waals surface area (Å²) < 4.78 is 31.8. The Morgan fingerprint density at radius 3 is 2.81 bits per heavy atom. The number of hydrogen-bond donors (Lipinski definition) is 0. The van der Waals surface area contributed by atoms with Crippen LogP contribution in [0.15, 0.2) is 18.2 Å². The van der Waals surface area contributed by atoms with Crippen LogP contribution in [0.1, 0.15) is 34.4 Å². The van der Waals surface area contributed by atoms with E-state index in [0.29, 0.717) is 6.42 Å². The molecule has 6 nitrogen and oxygen atoms in total. The van der Waals surface area contributed by atoms with Gasteiger partial charge in [-0.05, 0) is 50.6 Å². The molecule has 0 saturated carbocycles.